The van der Waals surface area contributed by atoms with Crippen LogP contribution in [0, 0.1) is 0 Å². The number of hydrogen-bond acceptors (Lipinski definition) is 2. The van der Waals surface area contributed by atoms with Gasteiger partial charge in [-0.3, -0.25) is 0 Å². The van der Waals surface area contributed by atoms with Gasteiger partial charge in [0.2, 0.25) is 0 Å². The third kappa shape index (κ3) is 6.41. The second-order valence-corrected chi connectivity index (χ2v) is 15.3. The number of hydrogen-bond donors (Lipinski definition) is 0. The van der Waals surface area contributed by atoms with Crippen molar-refractivity contribution in [2.75, 3.05) is 0 Å². The molecule has 0 radical (unpaired) electrons. The highest BCUT2D eigenvalue weighted by Gasteiger charge is 2.14. The molecule has 0 saturated carbocycles. The molecular weight excluding hydrogens is 725 g/mol. The SMILES string of the molecule is c1ccc(-c2ccc(-c3cc(-c4ccc5c6ccccc6c6ccccc6c6ccccc6c6ccccc6c5c4)nc(-c4ccc(-c5ccccc5)cc4)n3)cc2)cc1. The molecule has 0 amide bonds. The summed E-state index contributed by atoms with van der Waals surface area (Å²) in [7, 11) is 0. The molecule has 2 nitrogen and oxygen atoms in total. The van der Waals surface area contributed by atoms with Gasteiger partial charge in [0.15, 0.2) is 5.82 Å². The van der Waals surface area contributed by atoms with Gasteiger partial charge in [0.1, 0.15) is 0 Å². The normalized spacial score (nSPS) is 11.3. The third-order valence-electron chi connectivity index (χ3n) is 11.7. The van der Waals surface area contributed by atoms with Gasteiger partial charge in [-0.15, -0.1) is 0 Å². The van der Waals surface area contributed by atoms with Crippen LogP contribution in [0.5, 0.6) is 0 Å². The zero-order valence-corrected chi connectivity index (χ0v) is 32.8. The van der Waals surface area contributed by atoms with Crippen molar-refractivity contribution in [3.05, 3.63) is 231 Å². The fraction of sp³-hybridized carbons (Fsp3) is 0. The molecule has 0 saturated heterocycles. The highest BCUT2D eigenvalue weighted by atomic mass is 14.9. The van der Waals surface area contributed by atoms with E-state index in [0.29, 0.717) is 5.82 Å². The number of fused-ring (bicyclic) bond motifs is 10. The first kappa shape index (κ1) is 35.2. The smallest absolute Gasteiger partial charge is 0.160 e. The molecule has 11 aromatic rings. The lowest BCUT2D eigenvalue weighted by atomic mass is 9.93. The first-order valence-electron chi connectivity index (χ1n) is 20.5. The van der Waals surface area contributed by atoms with Crippen molar-refractivity contribution in [1.82, 2.24) is 9.97 Å². The average molecular weight is 763 g/mol. The fourth-order valence-corrected chi connectivity index (χ4v) is 8.75. The Morgan fingerprint density at radius 2 is 0.467 bits per heavy atom. The van der Waals surface area contributed by atoms with Gasteiger partial charge in [-0.2, -0.15) is 0 Å². The topological polar surface area (TPSA) is 25.8 Å². The number of rotatable bonds is 5. The molecule has 0 aliphatic carbocycles. The van der Waals surface area contributed by atoms with Crippen LogP contribution in [0.1, 0.15) is 0 Å². The molecule has 0 N–H and O–H groups in total. The van der Waals surface area contributed by atoms with E-state index in [4.69, 9.17) is 9.97 Å². The van der Waals surface area contributed by atoms with Crippen LogP contribution in [0.4, 0.5) is 0 Å². The predicted octanol–water partition coefficient (Wildman–Crippen LogP) is 15.7. The maximum atomic E-state index is 5.35. The molecular formula is C58H38N2. The summed E-state index contributed by atoms with van der Waals surface area (Å²) >= 11 is 0. The summed E-state index contributed by atoms with van der Waals surface area (Å²) in [6.07, 6.45) is 0. The quantitative estimate of drug-likeness (QED) is 0.174. The first-order chi connectivity index (χ1) is 29.7. The Kier molecular flexibility index (Phi) is 8.87. The van der Waals surface area contributed by atoms with E-state index in [9.17, 15) is 0 Å². The summed E-state index contributed by atoms with van der Waals surface area (Å²) in [5.41, 5.74) is 9.46. The Morgan fingerprint density at radius 3 is 0.883 bits per heavy atom. The van der Waals surface area contributed by atoms with E-state index in [2.05, 4.69) is 224 Å². The van der Waals surface area contributed by atoms with E-state index < -0.39 is 0 Å². The molecule has 0 fully saturated rings. The van der Waals surface area contributed by atoms with Crippen LogP contribution in [0.3, 0.4) is 0 Å². The van der Waals surface area contributed by atoms with E-state index >= 15 is 0 Å². The molecule has 0 spiro atoms. The summed E-state index contributed by atoms with van der Waals surface area (Å²) in [6, 6.07) is 82.6. The molecule has 2 heteroatoms. The van der Waals surface area contributed by atoms with Crippen LogP contribution in [0.2, 0.25) is 0 Å². The van der Waals surface area contributed by atoms with E-state index in [1.807, 2.05) is 6.07 Å². The molecule has 0 aliphatic heterocycles. The molecule has 0 aliphatic rings. The van der Waals surface area contributed by atoms with Gasteiger partial charge in [-0.05, 0) is 88.2 Å². The molecule has 1 aromatic heterocycles. The van der Waals surface area contributed by atoms with Gasteiger partial charge >= 0.3 is 0 Å². The van der Waals surface area contributed by atoms with Crippen molar-refractivity contribution >= 4 is 53.9 Å². The van der Waals surface area contributed by atoms with E-state index in [1.165, 1.54) is 65.2 Å². The van der Waals surface area contributed by atoms with Crippen molar-refractivity contribution in [1.29, 1.82) is 0 Å². The third-order valence-corrected chi connectivity index (χ3v) is 11.7. The Bertz CT molecular complexity index is 3270. The summed E-state index contributed by atoms with van der Waals surface area (Å²) < 4.78 is 0. The Labute approximate surface area is 349 Å². The zero-order chi connectivity index (χ0) is 39.8. The molecule has 10 aromatic carbocycles. The number of aromatic nitrogens is 2. The van der Waals surface area contributed by atoms with Crippen LogP contribution in [0.25, 0.3) is 110 Å². The minimum Gasteiger partial charge on any atom is -0.228 e. The zero-order valence-electron chi connectivity index (χ0n) is 32.8. The Balaban J connectivity index is 1.18. The van der Waals surface area contributed by atoms with Crippen molar-refractivity contribution < 1.29 is 0 Å². The minimum atomic E-state index is 0.686. The predicted molar refractivity (Wildman–Crippen MR) is 254 cm³/mol. The van der Waals surface area contributed by atoms with Crippen LogP contribution in [0.15, 0.2) is 231 Å². The summed E-state index contributed by atoms with van der Waals surface area (Å²) in [5.74, 6) is 0.686. The van der Waals surface area contributed by atoms with Gasteiger partial charge in [-0.25, -0.2) is 9.97 Å². The van der Waals surface area contributed by atoms with Crippen LogP contribution in [-0.4, -0.2) is 9.97 Å². The second kappa shape index (κ2) is 15.1. The Morgan fingerprint density at radius 1 is 0.183 bits per heavy atom. The molecule has 0 atom stereocenters. The van der Waals surface area contributed by atoms with E-state index in [0.717, 1.165) is 39.0 Å². The summed E-state index contributed by atoms with van der Waals surface area (Å²) in [4.78, 5) is 10.6. The minimum absolute atomic E-state index is 0.686. The lowest BCUT2D eigenvalue weighted by Crippen LogP contribution is -1.96. The maximum Gasteiger partial charge on any atom is 0.160 e. The Hall–Kier alpha value is -7.94. The molecule has 0 bridgehead atoms. The van der Waals surface area contributed by atoms with E-state index in [-0.39, 0.29) is 0 Å². The molecule has 1 heterocycles. The molecule has 60 heavy (non-hydrogen) atoms. The van der Waals surface area contributed by atoms with E-state index in [1.54, 1.807) is 0 Å². The molecule has 11 rings (SSSR count). The highest BCUT2D eigenvalue weighted by molar-refractivity contribution is 6.26. The van der Waals surface area contributed by atoms with Crippen molar-refractivity contribution in [3.63, 3.8) is 0 Å². The maximum absolute atomic E-state index is 5.35. The summed E-state index contributed by atoms with van der Waals surface area (Å²) in [6.45, 7) is 0. The first-order valence-corrected chi connectivity index (χ1v) is 20.5. The highest BCUT2D eigenvalue weighted by Crippen LogP contribution is 2.38. The standard InChI is InChI=1S/C58H38N2/c1-3-15-39(16-4-1)41-27-31-43(32-28-41)56-38-57(60-58(59-56)44-33-29-42(30-34-44)40-17-5-2-6-18-40)45-35-36-54-52-25-12-11-23-50(52)48-21-8-7-19-46(48)47-20-9-10-22-49(47)51-24-13-14-26-53(51)55(54)37-45/h1-38H. The van der Waals surface area contributed by atoms with Crippen molar-refractivity contribution in [3.8, 4) is 56.2 Å². The van der Waals surface area contributed by atoms with Gasteiger partial charge in [0, 0.05) is 16.7 Å². The summed E-state index contributed by atoms with van der Waals surface area (Å²) in [5, 5.41) is 12.0. The van der Waals surface area contributed by atoms with Crippen molar-refractivity contribution in [2.45, 2.75) is 0 Å². The number of nitrogens with zero attached hydrogens (tertiary/aromatic N) is 2. The van der Waals surface area contributed by atoms with Crippen LogP contribution >= 0.6 is 0 Å². The second-order valence-electron chi connectivity index (χ2n) is 15.3. The lowest BCUT2D eigenvalue weighted by molar-refractivity contribution is 1.18. The largest absolute Gasteiger partial charge is 0.228 e. The van der Waals surface area contributed by atoms with Gasteiger partial charge in [0.25, 0.3) is 0 Å². The van der Waals surface area contributed by atoms with Crippen LogP contribution in [-0.2, 0) is 0 Å². The molecule has 0 unspecified atom stereocenters. The molecule has 280 valence electrons. The monoisotopic (exact) mass is 762 g/mol. The van der Waals surface area contributed by atoms with Gasteiger partial charge < -0.3 is 0 Å². The van der Waals surface area contributed by atoms with Crippen LogP contribution < -0.4 is 0 Å². The lowest BCUT2D eigenvalue weighted by Gasteiger charge is -2.13. The number of benzene rings is 9. The fourth-order valence-electron chi connectivity index (χ4n) is 8.75. The van der Waals surface area contributed by atoms with Crippen molar-refractivity contribution in [2.24, 2.45) is 0 Å². The van der Waals surface area contributed by atoms with Gasteiger partial charge in [-0.1, -0.05) is 218 Å². The van der Waals surface area contributed by atoms with Gasteiger partial charge in [0.05, 0.1) is 11.4 Å². The average Bonchev–Trinajstić information content (AvgIpc) is 3.34.